The van der Waals surface area contributed by atoms with Gasteiger partial charge in [-0.15, -0.1) is 0 Å². The summed E-state index contributed by atoms with van der Waals surface area (Å²) in [6, 6.07) is 0. The first-order valence-electron chi connectivity index (χ1n) is 12.8. The van der Waals surface area contributed by atoms with Crippen LogP contribution in [0.2, 0.25) is 0 Å². The summed E-state index contributed by atoms with van der Waals surface area (Å²) in [4.78, 5) is 46.9. The van der Waals surface area contributed by atoms with Crippen LogP contribution < -0.4 is 21.8 Å². The van der Waals surface area contributed by atoms with Crippen LogP contribution in [0, 0.1) is 0 Å². The molecule has 0 amide bonds. The quantitative estimate of drug-likeness (QED) is 0.0882. The number of imidazole rings is 2. The van der Waals surface area contributed by atoms with Crippen LogP contribution in [0.1, 0.15) is 25.3 Å². The van der Waals surface area contributed by atoms with Gasteiger partial charge in [0.15, 0.2) is 22.3 Å². The number of aromatic amines is 2. The molecule has 0 saturated carbocycles. The van der Waals surface area contributed by atoms with Gasteiger partial charge < -0.3 is 45.6 Å². The number of hydrogen-bond acceptors (Lipinski definition) is 15. The Morgan fingerprint density at radius 3 is 1.85 bits per heavy atom. The van der Waals surface area contributed by atoms with Gasteiger partial charge in [-0.1, -0.05) is 0 Å². The molecule has 4 aromatic rings. The van der Waals surface area contributed by atoms with Crippen LogP contribution >= 0.6 is 0 Å². The highest BCUT2D eigenvalue weighted by atomic mass is 16.5. The molecular formula is C22H28N10O9. The predicted molar refractivity (Wildman–Crippen MR) is 138 cm³/mol. The Morgan fingerprint density at radius 1 is 0.878 bits per heavy atom. The molecule has 19 heteroatoms. The highest BCUT2D eigenvalue weighted by Crippen LogP contribution is 2.31. The fraction of sp³-hybridized carbons (Fsp3) is 0.545. The van der Waals surface area contributed by atoms with Crippen LogP contribution in [0.4, 0.5) is 11.9 Å². The van der Waals surface area contributed by atoms with E-state index < -0.39 is 54.2 Å². The van der Waals surface area contributed by atoms with E-state index in [9.17, 15) is 35.1 Å². The van der Waals surface area contributed by atoms with Crippen molar-refractivity contribution < 1.29 is 35.0 Å². The Labute approximate surface area is 228 Å². The van der Waals surface area contributed by atoms with Crippen molar-refractivity contribution >= 4 is 34.2 Å². The van der Waals surface area contributed by atoms with Crippen molar-refractivity contribution in [1.29, 1.82) is 0 Å². The van der Waals surface area contributed by atoms with Gasteiger partial charge in [-0.3, -0.25) is 28.7 Å². The third-order valence-electron chi connectivity index (χ3n) is 7.02. The number of fused-ring (bicyclic) bond motifs is 2. The molecule has 2 aliphatic heterocycles. The molecule has 7 atom stereocenters. The summed E-state index contributed by atoms with van der Waals surface area (Å²) in [5, 5.41) is 54.8. The highest BCUT2D eigenvalue weighted by molar-refractivity contribution is 5.71. The van der Waals surface area contributed by atoms with Crippen molar-refractivity contribution in [2.45, 2.75) is 55.9 Å². The van der Waals surface area contributed by atoms with Crippen LogP contribution in [-0.2, 0) is 9.47 Å². The normalized spacial score (nSPS) is 27.1. The molecule has 0 aliphatic carbocycles. The van der Waals surface area contributed by atoms with Crippen LogP contribution in [0.3, 0.4) is 0 Å². The van der Waals surface area contributed by atoms with Crippen molar-refractivity contribution in [1.82, 2.24) is 39.0 Å². The maximum absolute atomic E-state index is 12.6. The molecule has 9 N–H and O–H groups in total. The van der Waals surface area contributed by atoms with Crippen LogP contribution in [0.25, 0.3) is 22.3 Å². The lowest BCUT2D eigenvalue weighted by molar-refractivity contribution is -0.0432. The van der Waals surface area contributed by atoms with E-state index in [0.29, 0.717) is 0 Å². The third-order valence-corrected chi connectivity index (χ3v) is 7.02. The van der Waals surface area contributed by atoms with Crippen LogP contribution in [0.15, 0.2) is 22.2 Å². The molecule has 0 bridgehead atoms. The van der Waals surface area contributed by atoms with Gasteiger partial charge in [0.2, 0.25) is 11.9 Å². The molecule has 0 aromatic carbocycles. The second-order valence-corrected chi connectivity index (χ2v) is 9.75. The summed E-state index contributed by atoms with van der Waals surface area (Å²) >= 11 is 0. The number of H-pyrrole nitrogens is 2. The molecule has 2 aliphatic rings. The number of rotatable bonds is 9. The summed E-state index contributed by atoms with van der Waals surface area (Å²) in [5.74, 6) is -0.0751. The topological polar surface area (TPSA) is 271 Å². The Kier molecular flexibility index (Phi) is 7.15. The fourth-order valence-electron chi connectivity index (χ4n) is 4.93. The van der Waals surface area contributed by atoms with Gasteiger partial charge in [0.1, 0.15) is 30.9 Å². The second kappa shape index (κ2) is 10.8. The lowest BCUT2D eigenvalue weighted by Crippen LogP contribution is -2.31. The average Bonchev–Trinajstić information content (AvgIpc) is 3.72. The Bertz CT molecular complexity index is 1670. The van der Waals surface area contributed by atoms with Gasteiger partial charge >= 0.3 is 0 Å². The molecule has 4 aromatic heterocycles. The number of hydrogen-bond donors (Lipinski definition) is 9. The predicted octanol–water partition coefficient (Wildman–Crippen LogP) is -3.32. The summed E-state index contributed by atoms with van der Waals surface area (Å²) < 4.78 is 14.2. The molecule has 6 rings (SSSR count). The van der Waals surface area contributed by atoms with E-state index >= 15 is 0 Å². The maximum atomic E-state index is 12.6. The average molecular weight is 577 g/mol. The zero-order valence-electron chi connectivity index (χ0n) is 21.3. The Hall–Kier alpha value is -3.98. The number of nitrogens with one attached hydrogen (secondary N) is 4. The number of nitrogens with zero attached hydrogens (tertiary/aromatic N) is 6. The van der Waals surface area contributed by atoms with Gasteiger partial charge in [0.05, 0.1) is 44.6 Å². The van der Waals surface area contributed by atoms with Crippen molar-refractivity contribution in [3.05, 3.63) is 33.4 Å². The molecule has 2 fully saturated rings. The van der Waals surface area contributed by atoms with Gasteiger partial charge in [-0.25, -0.2) is 9.97 Å². The van der Waals surface area contributed by atoms with Crippen molar-refractivity contribution in [2.24, 2.45) is 0 Å². The lowest BCUT2D eigenvalue weighted by Gasteiger charge is -2.16. The lowest BCUT2D eigenvalue weighted by atomic mass is 10.2. The molecule has 220 valence electrons. The minimum atomic E-state index is -1.32. The first kappa shape index (κ1) is 27.2. The van der Waals surface area contributed by atoms with Gasteiger partial charge in [0.25, 0.3) is 11.1 Å². The third kappa shape index (κ3) is 5.03. The Balaban J connectivity index is 1.16. The van der Waals surface area contributed by atoms with E-state index in [1.54, 1.807) is 0 Å². The maximum Gasteiger partial charge on any atom is 0.280 e. The molecule has 0 radical (unpaired) electrons. The zero-order chi connectivity index (χ0) is 28.8. The van der Waals surface area contributed by atoms with Crippen molar-refractivity contribution in [3.8, 4) is 0 Å². The highest BCUT2D eigenvalue weighted by Gasteiger charge is 2.36. The molecule has 19 nitrogen and oxygen atoms in total. The van der Waals surface area contributed by atoms with Crippen LogP contribution in [0.5, 0.6) is 0 Å². The summed E-state index contributed by atoms with van der Waals surface area (Å²) in [5.41, 5.74) is -0.772. The van der Waals surface area contributed by atoms with Gasteiger partial charge in [-0.05, 0) is 0 Å². The minimum Gasteiger partial charge on any atom is -0.394 e. The number of aliphatic hydroxyl groups excluding tert-OH is 5. The number of aliphatic hydroxyl groups is 5. The molecule has 0 unspecified atom stereocenters. The molecule has 2 saturated heterocycles. The van der Waals surface area contributed by atoms with Crippen LogP contribution in [-0.4, -0.2) is 115 Å². The fourth-order valence-corrected chi connectivity index (χ4v) is 4.93. The van der Waals surface area contributed by atoms with Crippen molar-refractivity contribution in [2.75, 3.05) is 30.4 Å². The zero-order valence-corrected chi connectivity index (χ0v) is 21.3. The first-order chi connectivity index (χ1) is 19.7. The SMILES string of the molecule is O=c1[nH]c(NC[C@@H](O)Nc2nc3c(ncn3[C@H]3C[C@H](O)[C@@H](CO)O3)c(=O)[nH]2)nc2c1ncn2[C@H]1C[C@H](O)[C@@H](CO)O1. The number of ether oxygens (including phenoxy) is 2. The minimum absolute atomic E-state index is 0.00714. The van der Waals surface area contributed by atoms with E-state index in [4.69, 9.17) is 9.47 Å². The van der Waals surface area contributed by atoms with E-state index in [1.807, 2.05) is 0 Å². The molecule has 41 heavy (non-hydrogen) atoms. The Morgan fingerprint density at radius 2 is 1.37 bits per heavy atom. The largest absolute Gasteiger partial charge is 0.394 e. The number of aromatic nitrogens is 8. The van der Waals surface area contributed by atoms with Crippen molar-refractivity contribution in [3.63, 3.8) is 0 Å². The first-order valence-corrected chi connectivity index (χ1v) is 12.8. The summed E-state index contributed by atoms with van der Waals surface area (Å²) in [6.45, 7) is -0.931. The van der Waals surface area contributed by atoms with E-state index in [0.717, 1.165) is 0 Å². The van der Waals surface area contributed by atoms with E-state index in [-0.39, 0.29) is 66.8 Å². The number of anilines is 2. The van der Waals surface area contributed by atoms with Gasteiger partial charge in [-0.2, -0.15) is 9.97 Å². The summed E-state index contributed by atoms with van der Waals surface area (Å²) in [6.07, 6.45) is -3.04. The standard InChI is InChI=1S/C22H28N10O9/c33-4-10-8(35)1-13(40-10)31-6-24-15-17(31)27-21(29-19(15)38)23-3-12(37)26-22-28-18-16(20(39)30-22)25-7-32(18)14-2-9(36)11(5-34)41-14/h6-14,33-37H,1-5H2,(H2,23,27,29,38)(H2,26,28,30,39)/t8-,9-,10+,11+,12+,13+,14+/m0/s1. The van der Waals surface area contributed by atoms with Gasteiger partial charge in [0, 0.05) is 12.8 Å². The van der Waals surface area contributed by atoms with E-state index in [2.05, 4.69) is 40.5 Å². The summed E-state index contributed by atoms with van der Waals surface area (Å²) in [7, 11) is 0. The second-order valence-electron chi connectivity index (χ2n) is 9.75. The molecule has 0 spiro atoms. The molecule has 6 heterocycles. The monoisotopic (exact) mass is 576 g/mol. The van der Waals surface area contributed by atoms with E-state index in [1.165, 1.54) is 21.8 Å². The smallest absolute Gasteiger partial charge is 0.280 e. The molecular weight excluding hydrogens is 548 g/mol.